The fraction of sp³-hybridized carbons (Fsp3) is 0.556. The van der Waals surface area contributed by atoms with Crippen LogP contribution in [0.2, 0.25) is 0 Å². The van der Waals surface area contributed by atoms with Crippen molar-refractivity contribution in [3.63, 3.8) is 0 Å². The Labute approximate surface area is 207 Å². The minimum absolute atomic E-state index is 0.0729. The molecule has 1 aromatic rings. The van der Waals surface area contributed by atoms with E-state index in [0.29, 0.717) is 30.3 Å². The Balaban J connectivity index is 1.51. The van der Waals surface area contributed by atoms with Crippen molar-refractivity contribution in [1.29, 1.82) is 0 Å². The van der Waals surface area contributed by atoms with Crippen LogP contribution in [0.1, 0.15) is 76.6 Å². The van der Waals surface area contributed by atoms with Gasteiger partial charge in [0.25, 0.3) is 5.91 Å². The molecule has 0 saturated heterocycles. The molecule has 2 aliphatic rings. The summed E-state index contributed by atoms with van der Waals surface area (Å²) in [5, 5.41) is 6.11. The summed E-state index contributed by atoms with van der Waals surface area (Å²) < 4.78 is 11.1. The molecule has 3 atom stereocenters. The molecule has 0 spiro atoms. The Kier molecular flexibility index (Phi) is 9.46. The lowest BCUT2D eigenvalue weighted by molar-refractivity contribution is -0.145. The highest BCUT2D eigenvalue weighted by Gasteiger charge is 2.30. The van der Waals surface area contributed by atoms with Crippen LogP contribution in [0.5, 0.6) is 5.75 Å². The van der Waals surface area contributed by atoms with Gasteiger partial charge in [0, 0.05) is 30.0 Å². The van der Waals surface area contributed by atoms with Gasteiger partial charge in [-0.2, -0.15) is 0 Å². The van der Waals surface area contributed by atoms with Crippen molar-refractivity contribution in [2.24, 2.45) is 10.9 Å². The first kappa shape index (κ1) is 26.4. The molecule has 0 bridgehead atoms. The topological polar surface area (TPSA) is 106 Å². The maximum Gasteiger partial charge on any atom is 0.328 e. The zero-order chi connectivity index (χ0) is 25.4. The number of aliphatic imine (C=N–C) groups is 1. The molecule has 1 aromatic carbocycles. The first-order valence-electron chi connectivity index (χ1n) is 12.6. The summed E-state index contributed by atoms with van der Waals surface area (Å²) in [6.45, 7) is 8.55. The number of nitrogens with one attached hydrogen (secondary N) is 2. The number of benzene rings is 1. The van der Waals surface area contributed by atoms with E-state index >= 15 is 0 Å². The van der Waals surface area contributed by atoms with Gasteiger partial charge in [0.15, 0.2) is 0 Å². The number of hydrogen-bond acceptors (Lipinski definition) is 7. The average molecular weight is 484 g/mol. The third-order valence-corrected chi connectivity index (χ3v) is 6.33. The van der Waals surface area contributed by atoms with Gasteiger partial charge in [-0.05, 0) is 76.3 Å². The Bertz CT molecular complexity index is 983. The van der Waals surface area contributed by atoms with E-state index in [0.717, 1.165) is 25.1 Å². The summed E-state index contributed by atoms with van der Waals surface area (Å²) in [4.78, 5) is 41.5. The van der Waals surface area contributed by atoms with Gasteiger partial charge < -0.3 is 20.1 Å². The molecule has 2 N–H and O–H groups in total. The van der Waals surface area contributed by atoms with Crippen molar-refractivity contribution in [3.05, 3.63) is 41.1 Å². The molecule has 0 aromatic heterocycles. The van der Waals surface area contributed by atoms with Gasteiger partial charge in [0.2, 0.25) is 0 Å². The van der Waals surface area contributed by atoms with Crippen LogP contribution in [0.15, 0.2) is 40.5 Å². The van der Waals surface area contributed by atoms with Crippen molar-refractivity contribution in [3.8, 4) is 5.75 Å². The summed E-state index contributed by atoms with van der Waals surface area (Å²) in [7, 11) is 0. The Hall–Kier alpha value is -3.16. The van der Waals surface area contributed by atoms with Gasteiger partial charge in [0.1, 0.15) is 17.6 Å². The summed E-state index contributed by atoms with van der Waals surface area (Å²) in [5.41, 5.74) is 3.05. The van der Waals surface area contributed by atoms with Gasteiger partial charge in [-0.3, -0.25) is 14.6 Å². The van der Waals surface area contributed by atoms with Crippen LogP contribution in [-0.4, -0.2) is 48.8 Å². The highest BCUT2D eigenvalue weighted by atomic mass is 16.5. The molecule has 1 amide bonds. The molecule has 3 rings (SSSR count). The first-order valence-corrected chi connectivity index (χ1v) is 12.6. The third kappa shape index (κ3) is 7.41. The Morgan fingerprint density at radius 3 is 2.57 bits per heavy atom. The molecule has 1 aliphatic heterocycles. The number of ether oxygens (including phenoxy) is 2. The fourth-order valence-corrected chi connectivity index (χ4v) is 4.58. The number of Topliss-reactive ketones (excluding diaryl/α,β-unsaturated/α-hetero) is 1. The number of esters is 1. The predicted molar refractivity (Wildman–Crippen MR) is 134 cm³/mol. The summed E-state index contributed by atoms with van der Waals surface area (Å²) >= 11 is 0. The monoisotopic (exact) mass is 483 g/mol. The molecule has 8 nitrogen and oxygen atoms in total. The number of amidine groups is 1. The zero-order valence-corrected chi connectivity index (χ0v) is 21.2. The molecule has 1 heterocycles. The normalized spacial score (nSPS) is 19.8. The molecule has 35 heavy (non-hydrogen) atoms. The summed E-state index contributed by atoms with van der Waals surface area (Å²) in [5.74, 6) is 1.20. The molecule has 0 radical (unpaired) electrons. The maximum absolute atomic E-state index is 12.7. The molecular formula is C27H37N3O5. The number of hydrogen-bond donors (Lipinski definition) is 2. The van der Waals surface area contributed by atoms with Crippen LogP contribution in [0.3, 0.4) is 0 Å². The lowest BCUT2D eigenvalue weighted by Gasteiger charge is -2.19. The molecule has 0 fully saturated rings. The molecule has 0 saturated carbocycles. The van der Waals surface area contributed by atoms with Gasteiger partial charge in [0.05, 0.1) is 25.1 Å². The quantitative estimate of drug-likeness (QED) is 0.436. The Morgan fingerprint density at radius 2 is 1.89 bits per heavy atom. The predicted octanol–water partition coefficient (Wildman–Crippen LogP) is 3.95. The summed E-state index contributed by atoms with van der Waals surface area (Å²) in [6, 6.07) is 6.23. The van der Waals surface area contributed by atoms with E-state index < -0.39 is 12.0 Å². The van der Waals surface area contributed by atoms with Crippen molar-refractivity contribution in [1.82, 2.24) is 10.6 Å². The van der Waals surface area contributed by atoms with Crippen LogP contribution >= 0.6 is 0 Å². The van der Waals surface area contributed by atoms with Crippen molar-refractivity contribution in [2.45, 2.75) is 78.3 Å². The van der Waals surface area contributed by atoms with E-state index in [9.17, 15) is 14.4 Å². The van der Waals surface area contributed by atoms with Gasteiger partial charge >= 0.3 is 5.97 Å². The van der Waals surface area contributed by atoms with E-state index in [2.05, 4.69) is 22.5 Å². The lowest BCUT2D eigenvalue weighted by Crippen LogP contribution is -2.42. The molecular weight excluding hydrogens is 446 g/mol. The van der Waals surface area contributed by atoms with E-state index in [-0.39, 0.29) is 37.2 Å². The van der Waals surface area contributed by atoms with E-state index in [1.807, 2.05) is 13.8 Å². The number of ketones is 1. The zero-order valence-electron chi connectivity index (χ0n) is 21.2. The van der Waals surface area contributed by atoms with Crippen molar-refractivity contribution in [2.75, 3.05) is 13.2 Å². The summed E-state index contributed by atoms with van der Waals surface area (Å²) in [6.07, 6.45) is 3.59. The highest BCUT2D eigenvalue weighted by Crippen LogP contribution is 2.35. The number of carbonyl (C=O) groups is 3. The number of rotatable bonds is 12. The minimum Gasteiger partial charge on any atom is -0.493 e. The van der Waals surface area contributed by atoms with Crippen LogP contribution in [0.25, 0.3) is 0 Å². The van der Waals surface area contributed by atoms with E-state index in [1.54, 1.807) is 31.2 Å². The van der Waals surface area contributed by atoms with E-state index in [4.69, 9.17) is 9.47 Å². The molecule has 8 heteroatoms. The highest BCUT2D eigenvalue weighted by molar-refractivity contribution is 5.97. The second-order valence-corrected chi connectivity index (χ2v) is 9.23. The molecule has 190 valence electrons. The largest absolute Gasteiger partial charge is 0.493 e. The van der Waals surface area contributed by atoms with Crippen molar-refractivity contribution >= 4 is 23.5 Å². The molecule has 1 aliphatic carbocycles. The van der Waals surface area contributed by atoms with Gasteiger partial charge in [-0.15, -0.1) is 0 Å². The second-order valence-electron chi connectivity index (χ2n) is 9.23. The number of nitrogens with zero attached hydrogens (tertiary/aromatic N) is 1. The number of carbonyl (C=O) groups excluding carboxylic acids is 3. The van der Waals surface area contributed by atoms with Gasteiger partial charge in [-0.1, -0.05) is 6.92 Å². The first-order chi connectivity index (χ1) is 16.8. The fourth-order valence-electron chi connectivity index (χ4n) is 4.58. The average Bonchev–Trinajstić information content (AvgIpc) is 3.24. The smallest absolute Gasteiger partial charge is 0.328 e. The van der Waals surface area contributed by atoms with Gasteiger partial charge in [-0.25, -0.2) is 4.79 Å². The molecule has 2 unspecified atom stereocenters. The standard InChI is InChI=1S/C27H37N3O5/c1-5-7-21(31)10-13-24(27(33)34-6-2)30-26(32)20-8-11-22(12-9-20)35-16-19-14-23-17(3)28-18(4)29-25(23)15-19/h8-9,11-12,17,19,24H,5-7,10,13-16H2,1-4H3,(H,28,29)(H,30,32)/t17?,19?,24-/m0/s1. The van der Waals surface area contributed by atoms with Crippen LogP contribution in [0, 0.1) is 5.92 Å². The number of amides is 1. The maximum atomic E-state index is 12.7. The lowest BCUT2D eigenvalue weighted by atomic mass is 10.0. The van der Waals surface area contributed by atoms with E-state index in [1.165, 1.54) is 11.3 Å². The minimum atomic E-state index is -0.858. The Morgan fingerprint density at radius 1 is 1.14 bits per heavy atom. The van der Waals surface area contributed by atoms with Crippen LogP contribution in [-0.2, 0) is 14.3 Å². The van der Waals surface area contributed by atoms with Crippen LogP contribution < -0.4 is 15.4 Å². The van der Waals surface area contributed by atoms with Crippen LogP contribution in [0.4, 0.5) is 0 Å². The number of allylic oxidation sites excluding steroid dienone is 1. The SMILES string of the molecule is CCCC(=O)CC[C@H](NC(=O)c1ccc(OCC2CC3=C(C2)C(C)N=C(C)N3)cc1)C(=O)OCC. The van der Waals surface area contributed by atoms with Crippen molar-refractivity contribution < 1.29 is 23.9 Å². The second kappa shape index (κ2) is 12.5. The third-order valence-electron chi connectivity index (χ3n) is 6.33.